The zero-order chi connectivity index (χ0) is 111. The number of likely N-dealkylation sites (tertiary alicyclic amines) is 1. The Kier molecular flexibility index (Phi) is 51.7. The normalized spacial score (nSPS) is 21.2. The van der Waals surface area contributed by atoms with Gasteiger partial charge in [-0.3, -0.25) is 38.8 Å². The molecule has 0 aromatic heterocycles. The first-order valence-electron chi connectivity index (χ1n) is 49.3. The number of aliphatic hydroxyl groups is 2. The average molecular weight is 2200 g/mol. The van der Waals surface area contributed by atoms with Crippen LogP contribution < -0.4 is 10.6 Å². The number of ether oxygens (including phenoxy) is 11. The van der Waals surface area contributed by atoms with E-state index in [1.165, 1.54) is 55.8 Å². The summed E-state index contributed by atoms with van der Waals surface area (Å²) in [6, 6.07) is 31.4. The number of alkyl halides is 9. The number of piperidine rings is 1. The first-order valence-corrected chi connectivity index (χ1v) is 54.8. The highest BCUT2D eigenvalue weighted by Crippen LogP contribution is 2.61. The standard InChI is InChI=1S/C22H35NO4.C18H15S.C13H23NO4.C12H13F9N3O8S3.C12H27NO5.C11H19NO4.C10H19NO4/c1-21(2,3)27-20(25)23-17-4-6-18(7-5-17)26-19(24)22-11-14-8-15(12-22)10-16(9-14)13-22;1-4-10-16(11-5-1)19(17-12-6-2-7-13-17)18-14-8-3-9-15-18;1-12(2,3)18-11(16)14(4)13(10(15)17-5)8-6-7-9-13;13-9(14,10(15,16)33(26,27)22-34(28,29)12(19,20)21)11(17,18)35(30,31)24-4-2-23(3-5-24)7-1-6-32-8(7)25;1-16-8-2-3-13(4-9-17-11-6-14)5-10-18-12-7-15;1-11(2,3)16-10(14)12-7-5-4-6-9(12)15-8-13;1-10(2,3)15-9(14)11-7-5-4-6-8(12)13/h14-18H,4-13H2,1-3H3,(H,23,25);1-15H;6-9H2,1-5H3;7H,1-6H2;14-15H,2-12H2,1H3;8-9H,4-7H2,1-3H3;4-7H2,1-3H3,(H,11,14)(H,12,13)/q;+1;;-1;;;. The largest absolute Gasteiger partial charge is 0.481 e. The van der Waals surface area contributed by atoms with Crippen molar-refractivity contribution in [2.45, 2.75) is 313 Å². The Labute approximate surface area is 865 Å². The number of sulfonamides is 3. The number of likely N-dealkylation sites (N-methyl/N-ethyl adjacent to an activating group) is 1. The number of alkyl carbamates (subject to hydrolysis) is 2. The molecule has 50 heteroatoms. The topological polar surface area (TPSA) is 473 Å². The maximum Gasteiger partial charge on any atom is 0.480 e. The summed E-state index contributed by atoms with van der Waals surface area (Å²) in [5, 5.41) is 16.7. The second-order valence-electron chi connectivity index (χ2n) is 40.7. The van der Waals surface area contributed by atoms with E-state index in [0.717, 1.165) is 121 Å². The molecule has 12 rings (SSSR count). The number of piperazine rings is 1. The molecule has 844 valence electrons. The van der Waals surface area contributed by atoms with E-state index in [-0.39, 0.29) is 79.1 Å². The number of carbonyl (C=O) groups excluding carboxylic acids is 8. The van der Waals surface area contributed by atoms with Gasteiger partial charge in [-0.25, -0.2) is 49.2 Å². The Morgan fingerprint density at radius 2 is 1.04 bits per heavy atom. The minimum absolute atomic E-state index is 0.0146. The molecule has 6 saturated carbocycles. The molecule has 3 aromatic rings. The van der Waals surface area contributed by atoms with Gasteiger partial charge in [0.05, 0.1) is 69.7 Å². The Bertz CT molecular complexity index is 4810. The second kappa shape index (κ2) is 59.0. The summed E-state index contributed by atoms with van der Waals surface area (Å²) >= 11 is 0. The first kappa shape index (κ1) is 130. The summed E-state index contributed by atoms with van der Waals surface area (Å²) < 4.78 is 246. The molecule has 0 spiro atoms. The van der Waals surface area contributed by atoms with E-state index in [1.807, 2.05) is 41.5 Å². The number of nitrogens with one attached hydrogen (secondary N) is 2. The number of unbranched alkanes of at least 4 members (excludes halogenated alkanes) is 1. The van der Waals surface area contributed by atoms with Gasteiger partial charge in [-0.1, -0.05) is 67.4 Å². The fraction of sp³-hybridized carbons (Fsp3) is 0.724. The Hall–Kier alpha value is -8.70. The van der Waals surface area contributed by atoms with E-state index in [2.05, 4.69) is 111 Å². The van der Waals surface area contributed by atoms with Crippen molar-refractivity contribution < 1.29 is 175 Å². The van der Waals surface area contributed by atoms with E-state index in [1.54, 1.807) is 55.7 Å². The third-order valence-corrected chi connectivity index (χ3v) is 31.6. The number of rotatable bonds is 37. The van der Waals surface area contributed by atoms with Crippen molar-refractivity contribution in [1.29, 1.82) is 0 Å². The SMILES string of the molecule is CC(C)(C)OC(=O)N1CCCCC1OC=O.CC(C)(C)OC(=O)NC1CCC(OC(=O)C23CC4CC(CC(C4)C2)C3)CC1.CC(C)(C)OC(=O)NCCCCC(=O)O.COC(=O)C1(N(C)C(=O)OC(C)(C)C)CCCC1.COCCCN(CCOCCO)CCOCCO.O=C1OCCC1N1CCN(S(=O)(=O)C(F)(F)C(F)(F)C(F)(F)S(=O)(=O)[N-]S(=O)(=O)C(F)(F)F)CC1.c1ccc([S+](c2ccccc2)c2ccccc2)cc1. The van der Waals surface area contributed by atoms with Gasteiger partial charge in [-0.2, -0.15) is 43.8 Å². The van der Waals surface area contributed by atoms with Gasteiger partial charge in [-0.15, -0.1) is 0 Å². The summed E-state index contributed by atoms with van der Waals surface area (Å²) in [5.41, 5.74) is -9.79. The number of benzene rings is 3. The van der Waals surface area contributed by atoms with Crippen LogP contribution >= 0.6 is 0 Å². The zero-order valence-corrected chi connectivity index (χ0v) is 90.3. The first-order chi connectivity index (χ1) is 68.9. The number of esters is 3. The molecule has 4 amide bonds. The molecular formula is C98H151F9N8O29S4. The highest BCUT2D eigenvalue weighted by Gasteiger charge is 2.81. The van der Waals surface area contributed by atoms with Gasteiger partial charge in [0.1, 0.15) is 40.1 Å². The number of carboxylic acid groups (broad SMARTS) is 1. The van der Waals surface area contributed by atoms with Gasteiger partial charge in [-0.05, 0) is 246 Å². The van der Waals surface area contributed by atoms with Crippen molar-refractivity contribution >= 4 is 95.7 Å². The lowest BCUT2D eigenvalue weighted by atomic mass is 9.49. The number of halogens is 9. The van der Waals surface area contributed by atoms with Crippen LogP contribution in [0.4, 0.5) is 58.7 Å². The highest BCUT2D eigenvalue weighted by atomic mass is 32.3. The number of aliphatic hydroxyl groups excluding tert-OH is 2. The van der Waals surface area contributed by atoms with Crippen LogP contribution in [-0.4, -0.2) is 327 Å². The van der Waals surface area contributed by atoms with Crippen LogP contribution in [0.25, 0.3) is 4.13 Å². The van der Waals surface area contributed by atoms with Gasteiger partial charge in [0, 0.05) is 105 Å². The molecule has 9 fully saturated rings. The minimum atomic E-state index is -7.95. The summed E-state index contributed by atoms with van der Waals surface area (Å²) in [4.78, 5) is 114. The van der Waals surface area contributed by atoms with E-state index in [4.69, 9.17) is 62.7 Å². The Morgan fingerprint density at radius 3 is 1.47 bits per heavy atom. The lowest BCUT2D eigenvalue weighted by Gasteiger charge is -2.55. The predicted molar refractivity (Wildman–Crippen MR) is 527 cm³/mol. The number of nitrogens with zero attached hydrogens (tertiary/aromatic N) is 6. The van der Waals surface area contributed by atoms with Crippen LogP contribution in [0.3, 0.4) is 0 Å². The minimum Gasteiger partial charge on any atom is -0.481 e. The Morgan fingerprint density at radius 1 is 0.561 bits per heavy atom. The summed E-state index contributed by atoms with van der Waals surface area (Å²) in [7, 11) is -17.6. The number of hydrogen-bond donors (Lipinski definition) is 5. The molecule has 4 bridgehead atoms. The number of methoxy groups -OCH3 is 2. The Balaban J connectivity index is 0.000000310. The lowest BCUT2D eigenvalue weighted by Crippen LogP contribution is -2.65. The van der Waals surface area contributed by atoms with Crippen LogP contribution in [0.15, 0.2) is 106 Å². The molecule has 37 nitrogen and oxygen atoms in total. The third kappa shape index (κ3) is 41.0. The van der Waals surface area contributed by atoms with Gasteiger partial charge in [0.2, 0.25) is 0 Å². The molecule has 3 saturated heterocycles. The van der Waals surface area contributed by atoms with E-state index >= 15 is 0 Å². The number of amides is 4. The maximum atomic E-state index is 14.3. The quantitative estimate of drug-likeness (QED) is 0.00893. The van der Waals surface area contributed by atoms with Crippen molar-refractivity contribution in [2.75, 3.05) is 133 Å². The molecule has 2 atom stereocenters. The van der Waals surface area contributed by atoms with E-state index < -0.39 is 153 Å². The van der Waals surface area contributed by atoms with Crippen molar-refractivity contribution in [3.8, 4) is 0 Å². The zero-order valence-electron chi connectivity index (χ0n) is 87.0. The molecule has 3 aromatic carbocycles. The summed E-state index contributed by atoms with van der Waals surface area (Å²) in [5.74, 6) is -7.05. The average Bonchev–Trinajstić information content (AvgIpc) is 0.772. The van der Waals surface area contributed by atoms with Crippen molar-refractivity contribution in [1.82, 2.24) is 34.5 Å². The molecule has 2 unspecified atom stereocenters. The van der Waals surface area contributed by atoms with E-state index in [9.17, 15) is 108 Å². The number of hydrogen-bond acceptors (Lipinski definition) is 30. The van der Waals surface area contributed by atoms with Gasteiger partial charge >= 0.3 is 70.2 Å². The second-order valence-corrected chi connectivity index (χ2v) is 48.2. The molecule has 3 aliphatic heterocycles. The predicted octanol–water partition coefficient (Wildman–Crippen LogP) is 15.3. The smallest absolute Gasteiger partial charge is 0.480 e. The van der Waals surface area contributed by atoms with Crippen molar-refractivity contribution in [3.05, 3.63) is 95.1 Å². The highest BCUT2D eigenvalue weighted by molar-refractivity contribution is 8.13. The van der Waals surface area contributed by atoms with Crippen LogP contribution in [0, 0.1) is 23.2 Å². The number of cyclic esters (lactones) is 1. The molecule has 148 heavy (non-hydrogen) atoms. The van der Waals surface area contributed by atoms with Crippen LogP contribution in [-0.2, 0) is 117 Å². The van der Waals surface area contributed by atoms with Crippen molar-refractivity contribution in [2.24, 2.45) is 23.2 Å². The molecular weight excluding hydrogens is 2050 g/mol. The summed E-state index contributed by atoms with van der Waals surface area (Å²) in [6.07, 6.45) is 16.5. The number of aliphatic carboxylic acids is 1. The van der Waals surface area contributed by atoms with Crippen LogP contribution in [0.2, 0.25) is 0 Å². The molecule has 5 N–H and O–H groups in total. The maximum absolute atomic E-state index is 14.3. The third-order valence-electron chi connectivity index (χ3n) is 24.4. The molecule has 3 heterocycles. The fourth-order valence-electron chi connectivity index (χ4n) is 17.8. The lowest BCUT2D eigenvalue weighted by molar-refractivity contribution is -0.244. The van der Waals surface area contributed by atoms with Gasteiger partial charge in [0.25, 0.3) is 16.5 Å². The monoisotopic (exact) mass is 2200 g/mol. The van der Waals surface area contributed by atoms with Gasteiger partial charge < -0.3 is 82.2 Å². The van der Waals surface area contributed by atoms with E-state index in [0.29, 0.717) is 82.2 Å². The fourth-order valence-corrected chi connectivity index (χ4v) is 23.6. The van der Waals surface area contributed by atoms with Gasteiger partial charge in [0.15, 0.2) is 41.0 Å². The number of carboxylic acids is 1. The van der Waals surface area contributed by atoms with Crippen LogP contribution in [0.1, 0.15) is 224 Å². The molecule has 6 aliphatic carbocycles. The number of carbonyl (C=O) groups is 9. The molecule has 9 aliphatic rings. The van der Waals surface area contributed by atoms with Crippen molar-refractivity contribution in [3.63, 3.8) is 0 Å². The summed E-state index contributed by atoms with van der Waals surface area (Å²) in [6.45, 7) is 25.4. The molecule has 0 radical (unpaired) electrons. The van der Waals surface area contributed by atoms with Crippen LogP contribution in [0.5, 0.6) is 0 Å².